The van der Waals surface area contributed by atoms with Gasteiger partial charge in [0, 0.05) is 11.6 Å². The predicted molar refractivity (Wildman–Crippen MR) is 57.7 cm³/mol. The first-order chi connectivity index (χ1) is 6.79. The minimum atomic E-state index is -0.108. The highest BCUT2D eigenvalue weighted by Crippen LogP contribution is 2.19. The van der Waals surface area contributed by atoms with Crippen molar-refractivity contribution < 1.29 is 4.39 Å². The maximum atomic E-state index is 13.4. The first-order valence-electron chi connectivity index (χ1n) is 5.27. The molecule has 1 aromatic carbocycles. The molecule has 0 spiro atoms. The van der Waals surface area contributed by atoms with Gasteiger partial charge in [0.05, 0.1) is 0 Å². The van der Waals surface area contributed by atoms with E-state index in [1.807, 2.05) is 12.1 Å². The van der Waals surface area contributed by atoms with Gasteiger partial charge in [-0.1, -0.05) is 32.0 Å². The minimum Gasteiger partial charge on any atom is -0.310 e. The molecular weight excluding hydrogens is 177 g/mol. The molecule has 0 fully saturated rings. The van der Waals surface area contributed by atoms with Gasteiger partial charge >= 0.3 is 0 Å². The van der Waals surface area contributed by atoms with Gasteiger partial charge in [-0.25, -0.2) is 4.39 Å². The molecule has 0 aliphatic carbocycles. The zero-order valence-electron chi connectivity index (χ0n) is 8.89. The van der Waals surface area contributed by atoms with Crippen LogP contribution >= 0.6 is 0 Å². The lowest BCUT2D eigenvalue weighted by Gasteiger charge is -2.17. The molecule has 1 aromatic rings. The van der Waals surface area contributed by atoms with Crippen LogP contribution in [0.2, 0.25) is 0 Å². The topological polar surface area (TPSA) is 12.0 Å². The highest BCUT2D eigenvalue weighted by Gasteiger charge is 2.11. The molecular formula is C12H18FN. The molecule has 0 bridgehead atoms. The van der Waals surface area contributed by atoms with E-state index in [2.05, 4.69) is 19.2 Å². The van der Waals surface area contributed by atoms with E-state index in [-0.39, 0.29) is 11.9 Å². The van der Waals surface area contributed by atoms with Gasteiger partial charge in [0.25, 0.3) is 0 Å². The van der Waals surface area contributed by atoms with Crippen molar-refractivity contribution in [3.63, 3.8) is 0 Å². The van der Waals surface area contributed by atoms with E-state index >= 15 is 0 Å². The zero-order valence-corrected chi connectivity index (χ0v) is 8.89. The summed E-state index contributed by atoms with van der Waals surface area (Å²) in [5, 5.41) is 3.34. The van der Waals surface area contributed by atoms with Gasteiger partial charge in [-0.05, 0) is 25.5 Å². The van der Waals surface area contributed by atoms with Crippen molar-refractivity contribution in [1.82, 2.24) is 5.32 Å². The van der Waals surface area contributed by atoms with Crippen LogP contribution in [-0.4, -0.2) is 6.54 Å². The standard InChI is InChI=1S/C12H18FN/c1-3-9-14-12(4-2)10-7-5-6-8-11(10)13/h5-8,12,14H,3-4,9H2,1-2H3/t12-/m0/s1. The summed E-state index contributed by atoms with van der Waals surface area (Å²) >= 11 is 0. The summed E-state index contributed by atoms with van der Waals surface area (Å²) in [6.07, 6.45) is 1.99. The summed E-state index contributed by atoms with van der Waals surface area (Å²) in [5.41, 5.74) is 0.781. The lowest BCUT2D eigenvalue weighted by Crippen LogP contribution is -2.22. The largest absolute Gasteiger partial charge is 0.310 e. The summed E-state index contributed by atoms with van der Waals surface area (Å²) in [5.74, 6) is -0.108. The molecule has 0 saturated carbocycles. The highest BCUT2D eigenvalue weighted by molar-refractivity contribution is 5.20. The summed E-state index contributed by atoms with van der Waals surface area (Å²) < 4.78 is 13.4. The molecule has 0 aromatic heterocycles. The van der Waals surface area contributed by atoms with Crippen molar-refractivity contribution in [2.45, 2.75) is 32.7 Å². The number of hydrogen-bond acceptors (Lipinski definition) is 1. The van der Waals surface area contributed by atoms with Gasteiger partial charge in [0.15, 0.2) is 0 Å². The first-order valence-corrected chi connectivity index (χ1v) is 5.27. The Hall–Kier alpha value is -0.890. The third-order valence-electron chi connectivity index (χ3n) is 2.33. The molecule has 0 saturated heterocycles. The Morgan fingerprint density at radius 2 is 2.00 bits per heavy atom. The van der Waals surface area contributed by atoms with Crippen LogP contribution in [0.4, 0.5) is 4.39 Å². The number of hydrogen-bond donors (Lipinski definition) is 1. The van der Waals surface area contributed by atoms with Gasteiger partial charge in [-0.3, -0.25) is 0 Å². The van der Waals surface area contributed by atoms with Gasteiger partial charge < -0.3 is 5.32 Å². The van der Waals surface area contributed by atoms with Crippen molar-refractivity contribution in [1.29, 1.82) is 0 Å². The monoisotopic (exact) mass is 195 g/mol. The summed E-state index contributed by atoms with van der Waals surface area (Å²) in [6, 6.07) is 7.13. The van der Waals surface area contributed by atoms with Crippen LogP contribution in [0.15, 0.2) is 24.3 Å². The minimum absolute atomic E-state index is 0.108. The molecule has 1 atom stereocenters. The Bertz CT molecular complexity index is 273. The third kappa shape index (κ3) is 2.81. The Morgan fingerprint density at radius 3 is 2.57 bits per heavy atom. The zero-order chi connectivity index (χ0) is 10.4. The molecule has 2 heteroatoms. The fraction of sp³-hybridized carbons (Fsp3) is 0.500. The maximum Gasteiger partial charge on any atom is 0.127 e. The van der Waals surface area contributed by atoms with Gasteiger partial charge in [-0.15, -0.1) is 0 Å². The Morgan fingerprint density at radius 1 is 1.29 bits per heavy atom. The lowest BCUT2D eigenvalue weighted by atomic mass is 10.0. The molecule has 0 aliphatic rings. The highest BCUT2D eigenvalue weighted by atomic mass is 19.1. The van der Waals surface area contributed by atoms with Crippen molar-refractivity contribution in [2.24, 2.45) is 0 Å². The van der Waals surface area contributed by atoms with Gasteiger partial charge in [-0.2, -0.15) is 0 Å². The second-order valence-corrected chi connectivity index (χ2v) is 3.44. The number of rotatable bonds is 5. The molecule has 0 amide bonds. The molecule has 0 heterocycles. The van der Waals surface area contributed by atoms with Crippen LogP contribution in [-0.2, 0) is 0 Å². The predicted octanol–water partition coefficient (Wildman–Crippen LogP) is 3.28. The van der Waals surface area contributed by atoms with Crippen LogP contribution in [0, 0.1) is 5.82 Å². The maximum absolute atomic E-state index is 13.4. The van der Waals surface area contributed by atoms with E-state index in [1.54, 1.807) is 6.07 Å². The van der Waals surface area contributed by atoms with Crippen molar-refractivity contribution >= 4 is 0 Å². The van der Waals surface area contributed by atoms with Crippen molar-refractivity contribution in [3.05, 3.63) is 35.6 Å². The SMILES string of the molecule is CCCN[C@@H](CC)c1ccccc1F. The average molecular weight is 195 g/mol. The average Bonchev–Trinajstić information content (AvgIpc) is 2.21. The van der Waals surface area contributed by atoms with E-state index in [4.69, 9.17) is 0 Å². The van der Waals surface area contributed by atoms with Crippen LogP contribution in [0.5, 0.6) is 0 Å². The fourth-order valence-corrected chi connectivity index (χ4v) is 1.55. The third-order valence-corrected chi connectivity index (χ3v) is 2.33. The molecule has 1 rings (SSSR count). The molecule has 0 aliphatic heterocycles. The van der Waals surface area contributed by atoms with Gasteiger partial charge in [0.1, 0.15) is 5.82 Å². The van der Waals surface area contributed by atoms with Crippen molar-refractivity contribution in [3.8, 4) is 0 Å². The molecule has 78 valence electrons. The second kappa shape index (κ2) is 5.76. The molecule has 14 heavy (non-hydrogen) atoms. The number of nitrogens with one attached hydrogen (secondary N) is 1. The summed E-state index contributed by atoms with van der Waals surface area (Å²) in [4.78, 5) is 0. The van der Waals surface area contributed by atoms with E-state index in [0.29, 0.717) is 0 Å². The Balaban J connectivity index is 2.73. The van der Waals surface area contributed by atoms with E-state index in [9.17, 15) is 4.39 Å². The van der Waals surface area contributed by atoms with Crippen LogP contribution in [0.25, 0.3) is 0 Å². The number of halogens is 1. The smallest absolute Gasteiger partial charge is 0.127 e. The van der Waals surface area contributed by atoms with E-state index in [1.165, 1.54) is 6.07 Å². The fourth-order valence-electron chi connectivity index (χ4n) is 1.55. The van der Waals surface area contributed by atoms with E-state index < -0.39 is 0 Å². The molecule has 1 N–H and O–H groups in total. The Labute approximate surface area is 85.3 Å². The van der Waals surface area contributed by atoms with Crippen LogP contribution in [0.3, 0.4) is 0 Å². The van der Waals surface area contributed by atoms with Crippen LogP contribution < -0.4 is 5.32 Å². The lowest BCUT2D eigenvalue weighted by molar-refractivity contribution is 0.488. The normalized spacial score (nSPS) is 12.8. The summed E-state index contributed by atoms with van der Waals surface area (Å²) in [7, 11) is 0. The quantitative estimate of drug-likeness (QED) is 0.760. The summed E-state index contributed by atoms with van der Waals surface area (Å²) in [6.45, 7) is 5.12. The van der Waals surface area contributed by atoms with Gasteiger partial charge in [0.2, 0.25) is 0 Å². The Kier molecular flexibility index (Phi) is 4.60. The van der Waals surface area contributed by atoms with E-state index in [0.717, 1.165) is 24.9 Å². The molecule has 0 unspecified atom stereocenters. The van der Waals surface area contributed by atoms with Crippen molar-refractivity contribution in [2.75, 3.05) is 6.54 Å². The molecule has 0 radical (unpaired) electrons. The first kappa shape index (κ1) is 11.2. The number of benzene rings is 1. The second-order valence-electron chi connectivity index (χ2n) is 3.44. The van der Waals surface area contributed by atoms with Crippen LogP contribution in [0.1, 0.15) is 38.3 Å². The molecule has 1 nitrogen and oxygen atoms in total.